The number of aromatic nitrogens is 2. The summed E-state index contributed by atoms with van der Waals surface area (Å²) < 4.78 is 7.42. The number of hydrogen-bond acceptors (Lipinski definition) is 3. The number of aryl methyl sites for hydroxylation is 1. The summed E-state index contributed by atoms with van der Waals surface area (Å²) >= 11 is 0. The van der Waals surface area contributed by atoms with Gasteiger partial charge in [-0.2, -0.15) is 5.10 Å². The molecule has 4 heteroatoms. The molecule has 0 fully saturated rings. The van der Waals surface area contributed by atoms with Crippen molar-refractivity contribution < 1.29 is 4.74 Å². The maximum atomic E-state index is 5.44. The van der Waals surface area contributed by atoms with Crippen LogP contribution in [0.15, 0.2) is 30.5 Å². The van der Waals surface area contributed by atoms with Crippen molar-refractivity contribution in [2.75, 3.05) is 11.9 Å². The monoisotopic (exact) mass is 273 g/mol. The van der Waals surface area contributed by atoms with Crippen LogP contribution < -0.4 is 10.1 Å². The molecule has 0 spiro atoms. The van der Waals surface area contributed by atoms with Crippen LogP contribution in [0.5, 0.6) is 5.75 Å². The van der Waals surface area contributed by atoms with E-state index in [0.29, 0.717) is 12.6 Å². The van der Waals surface area contributed by atoms with Crippen LogP contribution in [0.25, 0.3) is 0 Å². The van der Waals surface area contributed by atoms with Crippen LogP contribution >= 0.6 is 0 Å². The van der Waals surface area contributed by atoms with Gasteiger partial charge in [0.2, 0.25) is 0 Å². The lowest BCUT2D eigenvalue weighted by Gasteiger charge is -2.07. The predicted molar refractivity (Wildman–Crippen MR) is 82.3 cm³/mol. The second kappa shape index (κ2) is 6.46. The lowest BCUT2D eigenvalue weighted by molar-refractivity contribution is 0.340. The highest BCUT2D eigenvalue weighted by molar-refractivity contribution is 5.43. The molecule has 1 aromatic heterocycles. The molecular formula is C16H23N3O. The first kappa shape index (κ1) is 14.4. The molecule has 0 aliphatic carbocycles. The lowest BCUT2D eigenvalue weighted by Crippen LogP contribution is -2.04. The molecule has 2 aromatic rings. The molecule has 2 rings (SSSR count). The van der Waals surface area contributed by atoms with E-state index in [1.54, 1.807) is 0 Å². The normalized spacial score (nSPS) is 10.8. The van der Waals surface area contributed by atoms with Crippen molar-refractivity contribution in [3.63, 3.8) is 0 Å². The lowest BCUT2D eigenvalue weighted by atomic mass is 10.2. The number of nitrogens with one attached hydrogen (secondary N) is 1. The van der Waals surface area contributed by atoms with Gasteiger partial charge in [0.05, 0.1) is 6.61 Å². The van der Waals surface area contributed by atoms with Crippen molar-refractivity contribution in [1.82, 2.24) is 9.78 Å². The summed E-state index contributed by atoms with van der Waals surface area (Å²) in [5, 5.41) is 7.94. The van der Waals surface area contributed by atoms with E-state index >= 15 is 0 Å². The SMILES string of the molecule is CCOc1ccc(CNc2nn(C(C)C)cc2C)cc1. The largest absolute Gasteiger partial charge is 0.494 e. The first-order valence-electron chi connectivity index (χ1n) is 7.11. The van der Waals surface area contributed by atoms with Gasteiger partial charge in [0.15, 0.2) is 5.82 Å². The maximum Gasteiger partial charge on any atom is 0.151 e. The summed E-state index contributed by atoms with van der Waals surface area (Å²) in [6.45, 7) is 9.78. The topological polar surface area (TPSA) is 39.1 Å². The highest BCUT2D eigenvalue weighted by Gasteiger charge is 2.06. The molecule has 4 nitrogen and oxygen atoms in total. The smallest absolute Gasteiger partial charge is 0.151 e. The van der Waals surface area contributed by atoms with Gasteiger partial charge >= 0.3 is 0 Å². The van der Waals surface area contributed by atoms with E-state index in [9.17, 15) is 0 Å². The Morgan fingerprint density at radius 1 is 1.25 bits per heavy atom. The number of hydrogen-bond donors (Lipinski definition) is 1. The van der Waals surface area contributed by atoms with Gasteiger partial charge in [-0.25, -0.2) is 0 Å². The molecular weight excluding hydrogens is 250 g/mol. The van der Waals surface area contributed by atoms with Crippen molar-refractivity contribution in [1.29, 1.82) is 0 Å². The van der Waals surface area contributed by atoms with Gasteiger partial charge in [-0.05, 0) is 45.4 Å². The van der Waals surface area contributed by atoms with E-state index < -0.39 is 0 Å². The fourth-order valence-electron chi connectivity index (χ4n) is 1.98. The maximum absolute atomic E-state index is 5.44. The van der Waals surface area contributed by atoms with Crippen LogP contribution in [0.3, 0.4) is 0 Å². The van der Waals surface area contributed by atoms with E-state index in [4.69, 9.17) is 4.74 Å². The van der Waals surface area contributed by atoms with Gasteiger partial charge in [0.25, 0.3) is 0 Å². The Labute approximate surface area is 120 Å². The van der Waals surface area contributed by atoms with E-state index in [0.717, 1.165) is 18.1 Å². The standard InChI is InChI=1S/C16H23N3O/c1-5-20-15-8-6-14(7-9-15)10-17-16-13(4)11-19(18-16)12(2)3/h6-9,11-12H,5,10H2,1-4H3,(H,17,18). The Morgan fingerprint density at radius 3 is 2.50 bits per heavy atom. The molecule has 20 heavy (non-hydrogen) atoms. The minimum absolute atomic E-state index is 0.384. The van der Waals surface area contributed by atoms with Gasteiger partial charge < -0.3 is 10.1 Å². The van der Waals surface area contributed by atoms with Gasteiger partial charge in [-0.3, -0.25) is 4.68 Å². The van der Waals surface area contributed by atoms with Crippen LogP contribution in [0.1, 0.15) is 37.9 Å². The van der Waals surface area contributed by atoms with E-state index in [-0.39, 0.29) is 0 Å². The van der Waals surface area contributed by atoms with E-state index in [2.05, 4.69) is 49.5 Å². The minimum atomic E-state index is 0.384. The van der Waals surface area contributed by atoms with Crippen LogP contribution in [-0.4, -0.2) is 16.4 Å². The number of ether oxygens (including phenoxy) is 1. The number of nitrogens with zero attached hydrogens (tertiary/aromatic N) is 2. The average Bonchev–Trinajstić information content (AvgIpc) is 2.80. The third kappa shape index (κ3) is 3.53. The molecule has 0 atom stereocenters. The molecule has 0 aliphatic rings. The fourth-order valence-corrected chi connectivity index (χ4v) is 1.98. The molecule has 0 unspecified atom stereocenters. The van der Waals surface area contributed by atoms with Crippen LogP contribution in [0.4, 0.5) is 5.82 Å². The second-order valence-electron chi connectivity index (χ2n) is 5.16. The first-order valence-corrected chi connectivity index (χ1v) is 7.11. The highest BCUT2D eigenvalue weighted by Crippen LogP contribution is 2.17. The first-order chi connectivity index (χ1) is 9.60. The summed E-state index contributed by atoms with van der Waals surface area (Å²) in [7, 11) is 0. The van der Waals surface area contributed by atoms with Gasteiger partial charge in [0, 0.05) is 24.3 Å². The fraction of sp³-hybridized carbons (Fsp3) is 0.438. The van der Waals surface area contributed by atoms with E-state index in [1.807, 2.05) is 23.7 Å². The third-order valence-corrected chi connectivity index (χ3v) is 3.14. The minimum Gasteiger partial charge on any atom is -0.494 e. The Hall–Kier alpha value is -1.97. The Bertz CT molecular complexity index is 543. The number of rotatable bonds is 6. The average molecular weight is 273 g/mol. The Balaban J connectivity index is 1.97. The van der Waals surface area contributed by atoms with Crippen LogP contribution in [0.2, 0.25) is 0 Å². The van der Waals surface area contributed by atoms with Crippen molar-refractivity contribution >= 4 is 5.82 Å². The van der Waals surface area contributed by atoms with Crippen molar-refractivity contribution in [2.45, 2.75) is 40.3 Å². The molecule has 0 saturated carbocycles. The summed E-state index contributed by atoms with van der Waals surface area (Å²) in [6, 6.07) is 8.54. The van der Waals surface area contributed by atoms with Crippen LogP contribution in [-0.2, 0) is 6.54 Å². The Kier molecular flexibility index (Phi) is 4.66. The summed E-state index contributed by atoms with van der Waals surface area (Å²) in [5.41, 5.74) is 2.39. The summed E-state index contributed by atoms with van der Waals surface area (Å²) in [6.07, 6.45) is 2.07. The zero-order valence-corrected chi connectivity index (χ0v) is 12.7. The molecule has 1 heterocycles. The molecule has 0 saturated heterocycles. The molecule has 108 valence electrons. The van der Waals surface area contributed by atoms with E-state index in [1.165, 1.54) is 11.1 Å². The van der Waals surface area contributed by atoms with Crippen molar-refractivity contribution in [3.8, 4) is 5.75 Å². The molecule has 0 radical (unpaired) electrons. The van der Waals surface area contributed by atoms with Crippen molar-refractivity contribution in [2.24, 2.45) is 0 Å². The molecule has 0 bridgehead atoms. The highest BCUT2D eigenvalue weighted by atomic mass is 16.5. The quantitative estimate of drug-likeness (QED) is 0.870. The number of benzene rings is 1. The molecule has 1 N–H and O–H groups in total. The van der Waals surface area contributed by atoms with Gasteiger partial charge in [-0.15, -0.1) is 0 Å². The molecule has 0 aliphatic heterocycles. The Morgan fingerprint density at radius 2 is 1.95 bits per heavy atom. The molecule has 0 amide bonds. The zero-order valence-electron chi connectivity index (χ0n) is 12.7. The second-order valence-corrected chi connectivity index (χ2v) is 5.16. The van der Waals surface area contributed by atoms with Gasteiger partial charge in [0.1, 0.15) is 5.75 Å². The van der Waals surface area contributed by atoms with Crippen molar-refractivity contribution in [3.05, 3.63) is 41.6 Å². The number of anilines is 1. The van der Waals surface area contributed by atoms with Crippen LogP contribution in [0, 0.1) is 6.92 Å². The molecule has 1 aromatic carbocycles. The van der Waals surface area contributed by atoms with Gasteiger partial charge in [-0.1, -0.05) is 12.1 Å². The predicted octanol–water partition coefficient (Wildman–Crippen LogP) is 3.78. The summed E-state index contributed by atoms with van der Waals surface area (Å²) in [4.78, 5) is 0. The summed E-state index contributed by atoms with van der Waals surface area (Å²) in [5.74, 6) is 1.86. The third-order valence-electron chi connectivity index (χ3n) is 3.14. The zero-order chi connectivity index (χ0) is 14.5.